The minimum Gasteiger partial charge on any atom is -0.465 e. The maximum absolute atomic E-state index is 12.1. The average Bonchev–Trinajstić information content (AvgIpc) is 2.39. The van der Waals surface area contributed by atoms with Crippen molar-refractivity contribution in [3.63, 3.8) is 0 Å². The van der Waals surface area contributed by atoms with Gasteiger partial charge in [0.1, 0.15) is 6.04 Å². The second-order valence-electron chi connectivity index (χ2n) is 3.92. The highest BCUT2D eigenvalue weighted by Gasteiger charge is 2.27. The number of carbonyl (C=O) groups is 1. The fraction of sp³-hybridized carbons (Fsp3) is 0.500. The minimum atomic E-state index is -0.441. The van der Waals surface area contributed by atoms with Crippen LogP contribution in [-0.4, -0.2) is 42.3 Å². The van der Waals surface area contributed by atoms with Crippen LogP contribution in [0.4, 0.5) is 0 Å². The lowest BCUT2D eigenvalue weighted by Gasteiger charge is -2.28. The van der Waals surface area contributed by atoms with Gasteiger partial charge in [0, 0.05) is 6.54 Å². The Bertz CT molecular complexity index is 353. The van der Waals surface area contributed by atoms with Crippen LogP contribution >= 0.6 is 0 Å². The topological polar surface area (TPSA) is 49.8 Å². The summed E-state index contributed by atoms with van der Waals surface area (Å²) in [4.78, 5) is 14.0. The van der Waals surface area contributed by atoms with E-state index < -0.39 is 6.04 Å². The van der Waals surface area contributed by atoms with Gasteiger partial charge >= 0.3 is 5.97 Å². The Morgan fingerprint density at radius 2 is 2.00 bits per heavy atom. The van der Waals surface area contributed by atoms with Gasteiger partial charge in [0.25, 0.3) is 0 Å². The molecule has 0 aliphatic rings. The van der Waals surface area contributed by atoms with Crippen LogP contribution in [0.2, 0.25) is 0 Å². The van der Waals surface area contributed by atoms with Gasteiger partial charge in [0.15, 0.2) is 0 Å². The number of benzene rings is 1. The smallest absolute Gasteiger partial charge is 0.328 e. The predicted octanol–water partition coefficient (Wildman–Crippen LogP) is 1.60. The largest absolute Gasteiger partial charge is 0.465 e. The van der Waals surface area contributed by atoms with Gasteiger partial charge in [0.05, 0.1) is 13.2 Å². The fourth-order valence-electron chi connectivity index (χ4n) is 1.95. The normalized spacial score (nSPS) is 12.4. The summed E-state index contributed by atoms with van der Waals surface area (Å²) in [6.45, 7) is 5.27. The molecule has 1 atom stereocenters. The molecule has 0 aliphatic heterocycles. The third kappa shape index (κ3) is 3.82. The van der Waals surface area contributed by atoms with E-state index in [1.165, 1.54) is 0 Å². The van der Waals surface area contributed by atoms with Gasteiger partial charge in [-0.2, -0.15) is 0 Å². The lowest BCUT2D eigenvalue weighted by molar-refractivity contribution is -0.150. The molecular weight excluding hydrogens is 230 g/mol. The number of rotatable bonds is 7. The Kier molecular flexibility index (Phi) is 6.39. The molecule has 0 aliphatic carbocycles. The molecule has 4 nitrogen and oxygen atoms in total. The van der Waals surface area contributed by atoms with Gasteiger partial charge in [-0.1, -0.05) is 37.3 Å². The number of likely N-dealkylation sites (N-methyl/N-ethyl adjacent to an activating group) is 1. The van der Waals surface area contributed by atoms with Crippen LogP contribution in [-0.2, 0) is 9.53 Å². The number of ether oxygens (including phenoxy) is 1. The van der Waals surface area contributed by atoms with Gasteiger partial charge in [-0.3, -0.25) is 4.90 Å². The van der Waals surface area contributed by atoms with Gasteiger partial charge in [0.2, 0.25) is 0 Å². The Hall–Kier alpha value is -1.39. The van der Waals surface area contributed by atoms with E-state index in [2.05, 4.69) is 0 Å². The first-order valence-electron chi connectivity index (χ1n) is 6.31. The lowest BCUT2D eigenvalue weighted by Crippen LogP contribution is -2.37. The van der Waals surface area contributed by atoms with Crippen molar-refractivity contribution < 1.29 is 14.6 Å². The van der Waals surface area contributed by atoms with Crippen molar-refractivity contribution in [2.75, 3.05) is 26.3 Å². The molecule has 0 fully saturated rings. The standard InChI is InChI=1S/C14H21NO3/c1-3-15(10-11-16)13(14(17)18-4-2)12-8-6-5-7-9-12/h5-9,13,16H,3-4,10-11H2,1-2H3. The molecule has 0 aromatic heterocycles. The zero-order chi connectivity index (χ0) is 13.4. The van der Waals surface area contributed by atoms with Gasteiger partial charge in [-0.25, -0.2) is 4.79 Å². The van der Waals surface area contributed by atoms with Crippen molar-refractivity contribution in [1.82, 2.24) is 4.90 Å². The molecular formula is C14H21NO3. The molecule has 0 spiro atoms. The maximum atomic E-state index is 12.1. The van der Waals surface area contributed by atoms with Crippen molar-refractivity contribution in [3.8, 4) is 0 Å². The first-order chi connectivity index (χ1) is 8.74. The summed E-state index contributed by atoms with van der Waals surface area (Å²) < 4.78 is 5.13. The highest BCUT2D eigenvalue weighted by molar-refractivity contribution is 5.77. The number of carbonyl (C=O) groups excluding carboxylic acids is 1. The molecule has 18 heavy (non-hydrogen) atoms. The van der Waals surface area contributed by atoms with Crippen molar-refractivity contribution in [1.29, 1.82) is 0 Å². The van der Waals surface area contributed by atoms with Crippen LogP contribution in [0.3, 0.4) is 0 Å². The summed E-state index contributed by atoms with van der Waals surface area (Å²) >= 11 is 0. The molecule has 0 saturated heterocycles. The molecule has 100 valence electrons. The van der Waals surface area contributed by atoms with Gasteiger partial charge in [-0.05, 0) is 19.0 Å². The van der Waals surface area contributed by atoms with E-state index >= 15 is 0 Å². The predicted molar refractivity (Wildman–Crippen MR) is 70.1 cm³/mol. The molecule has 4 heteroatoms. The number of esters is 1. The lowest BCUT2D eigenvalue weighted by atomic mass is 10.1. The number of hydrogen-bond donors (Lipinski definition) is 1. The van der Waals surface area contributed by atoms with Crippen LogP contribution in [0.5, 0.6) is 0 Å². The third-order valence-electron chi connectivity index (χ3n) is 2.78. The Balaban J connectivity index is 2.97. The zero-order valence-electron chi connectivity index (χ0n) is 11.0. The molecule has 0 saturated carbocycles. The highest BCUT2D eigenvalue weighted by Crippen LogP contribution is 2.21. The number of nitrogens with zero attached hydrogens (tertiary/aromatic N) is 1. The van der Waals surface area contributed by atoms with Gasteiger partial charge < -0.3 is 9.84 Å². The first kappa shape index (κ1) is 14.7. The first-order valence-corrected chi connectivity index (χ1v) is 6.31. The van der Waals surface area contributed by atoms with Crippen LogP contribution < -0.4 is 0 Å². The van der Waals surface area contributed by atoms with E-state index in [4.69, 9.17) is 9.84 Å². The highest BCUT2D eigenvalue weighted by atomic mass is 16.5. The quantitative estimate of drug-likeness (QED) is 0.748. The SMILES string of the molecule is CCOC(=O)C(c1ccccc1)N(CC)CCO. The van der Waals surface area contributed by atoms with E-state index in [1.54, 1.807) is 6.92 Å². The number of aliphatic hydroxyl groups is 1. The van der Waals surface area contributed by atoms with Crippen molar-refractivity contribution >= 4 is 5.97 Å². The van der Waals surface area contributed by atoms with Crippen molar-refractivity contribution in [2.24, 2.45) is 0 Å². The number of hydrogen-bond acceptors (Lipinski definition) is 4. The summed E-state index contributed by atoms with van der Waals surface area (Å²) in [5, 5.41) is 9.08. The molecule has 1 aromatic rings. The molecule has 0 bridgehead atoms. The van der Waals surface area contributed by atoms with Crippen LogP contribution in [0.15, 0.2) is 30.3 Å². The van der Waals surface area contributed by atoms with Crippen LogP contribution in [0.25, 0.3) is 0 Å². The monoisotopic (exact) mass is 251 g/mol. The minimum absolute atomic E-state index is 0.0244. The summed E-state index contributed by atoms with van der Waals surface area (Å²) in [7, 11) is 0. The summed E-state index contributed by atoms with van der Waals surface area (Å²) in [5.74, 6) is -0.265. The van der Waals surface area contributed by atoms with Crippen LogP contribution in [0, 0.1) is 0 Å². The Morgan fingerprint density at radius 1 is 1.33 bits per heavy atom. The van der Waals surface area contributed by atoms with E-state index in [-0.39, 0.29) is 12.6 Å². The van der Waals surface area contributed by atoms with Crippen LogP contribution in [0.1, 0.15) is 25.5 Å². The maximum Gasteiger partial charge on any atom is 0.328 e. The Morgan fingerprint density at radius 3 is 2.50 bits per heavy atom. The van der Waals surface area contributed by atoms with E-state index in [0.717, 1.165) is 5.56 Å². The molecule has 0 radical (unpaired) electrons. The van der Waals surface area contributed by atoms with Crippen molar-refractivity contribution in [2.45, 2.75) is 19.9 Å². The molecule has 0 heterocycles. The second-order valence-corrected chi connectivity index (χ2v) is 3.92. The summed E-state index contributed by atoms with van der Waals surface area (Å²) in [6.07, 6.45) is 0. The van der Waals surface area contributed by atoms with Crippen molar-refractivity contribution in [3.05, 3.63) is 35.9 Å². The molecule has 1 N–H and O–H groups in total. The van der Waals surface area contributed by atoms with Gasteiger partial charge in [-0.15, -0.1) is 0 Å². The van der Waals surface area contributed by atoms with E-state index in [0.29, 0.717) is 19.7 Å². The Labute approximate surface area is 108 Å². The van der Waals surface area contributed by atoms with E-state index in [1.807, 2.05) is 42.2 Å². The average molecular weight is 251 g/mol. The second kappa shape index (κ2) is 7.84. The van der Waals surface area contributed by atoms with E-state index in [9.17, 15) is 4.79 Å². The summed E-state index contributed by atoms with van der Waals surface area (Å²) in [6, 6.07) is 9.07. The number of aliphatic hydroxyl groups excluding tert-OH is 1. The third-order valence-corrected chi connectivity index (χ3v) is 2.78. The molecule has 1 unspecified atom stereocenters. The molecule has 1 aromatic carbocycles. The fourth-order valence-corrected chi connectivity index (χ4v) is 1.95. The summed E-state index contributed by atoms with van der Waals surface area (Å²) in [5.41, 5.74) is 0.895. The molecule has 1 rings (SSSR count). The molecule has 0 amide bonds. The zero-order valence-corrected chi connectivity index (χ0v) is 11.0.